The van der Waals surface area contributed by atoms with Gasteiger partial charge >= 0.3 is 0 Å². The molecule has 2 aromatic rings. The van der Waals surface area contributed by atoms with E-state index in [1.54, 1.807) is 0 Å². The second-order valence-corrected chi connectivity index (χ2v) is 5.89. The fraction of sp³-hybridized carbons (Fsp3) is 0.471. The van der Waals surface area contributed by atoms with Crippen LogP contribution in [-0.4, -0.2) is 9.78 Å². The average Bonchev–Trinajstić information content (AvgIpc) is 2.98. The van der Waals surface area contributed by atoms with E-state index >= 15 is 0 Å². The van der Waals surface area contributed by atoms with Gasteiger partial charge in [0.05, 0.1) is 11.7 Å². The third-order valence-corrected chi connectivity index (χ3v) is 4.24. The molecule has 2 N–H and O–H groups in total. The number of aryl methyl sites for hydroxylation is 1. The zero-order chi connectivity index (χ0) is 14.7. The zero-order valence-electron chi connectivity index (χ0n) is 12.6. The lowest BCUT2D eigenvalue weighted by molar-refractivity contribution is 0.291. The van der Waals surface area contributed by atoms with Crippen LogP contribution in [0.4, 0.5) is 5.69 Å². The summed E-state index contributed by atoms with van der Waals surface area (Å²) >= 11 is 0. The Morgan fingerprint density at radius 1 is 1.24 bits per heavy atom. The van der Waals surface area contributed by atoms with E-state index in [0.29, 0.717) is 12.6 Å². The van der Waals surface area contributed by atoms with Gasteiger partial charge in [0.2, 0.25) is 0 Å². The average molecular weight is 285 g/mol. The standard InChI is InChI=1S/C17H23N3O/c1-13-11-16(7-8-17(13)18)21-12-14-9-10-20(19-14)15-5-3-2-4-6-15/h7-11,15H,2-6,12,18H2,1H3. The minimum absolute atomic E-state index is 0.503. The number of anilines is 1. The third kappa shape index (κ3) is 3.38. The molecule has 1 fully saturated rings. The highest BCUT2D eigenvalue weighted by Gasteiger charge is 2.16. The number of hydrogen-bond donors (Lipinski definition) is 1. The molecule has 0 atom stereocenters. The molecule has 0 bridgehead atoms. The molecule has 1 heterocycles. The fourth-order valence-electron chi connectivity index (χ4n) is 2.90. The maximum Gasteiger partial charge on any atom is 0.132 e. The predicted molar refractivity (Wildman–Crippen MR) is 84.3 cm³/mol. The number of hydrogen-bond acceptors (Lipinski definition) is 3. The smallest absolute Gasteiger partial charge is 0.132 e. The van der Waals surface area contributed by atoms with E-state index in [1.807, 2.05) is 25.1 Å². The Hall–Kier alpha value is -1.97. The van der Waals surface area contributed by atoms with Crippen LogP contribution in [0.3, 0.4) is 0 Å². The normalized spacial score (nSPS) is 16.0. The summed E-state index contributed by atoms with van der Waals surface area (Å²) in [7, 11) is 0. The Balaban J connectivity index is 1.60. The molecular formula is C17H23N3O. The zero-order valence-corrected chi connectivity index (χ0v) is 12.6. The molecule has 0 aliphatic heterocycles. The molecular weight excluding hydrogens is 262 g/mol. The van der Waals surface area contributed by atoms with E-state index in [0.717, 1.165) is 22.7 Å². The van der Waals surface area contributed by atoms with Gasteiger partial charge in [0.15, 0.2) is 0 Å². The molecule has 4 nitrogen and oxygen atoms in total. The number of rotatable bonds is 4. The molecule has 0 unspecified atom stereocenters. The van der Waals surface area contributed by atoms with Gasteiger partial charge in [0, 0.05) is 11.9 Å². The van der Waals surface area contributed by atoms with Gasteiger partial charge in [0.1, 0.15) is 12.4 Å². The van der Waals surface area contributed by atoms with Gasteiger partial charge in [-0.25, -0.2) is 0 Å². The van der Waals surface area contributed by atoms with E-state index in [2.05, 4.69) is 22.0 Å². The van der Waals surface area contributed by atoms with Crippen molar-refractivity contribution < 1.29 is 4.74 Å². The van der Waals surface area contributed by atoms with Crippen LogP contribution in [0.25, 0.3) is 0 Å². The second-order valence-electron chi connectivity index (χ2n) is 5.89. The first-order valence-electron chi connectivity index (χ1n) is 7.75. The lowest BCUT2D eigenvalue weighted by Crippen LogP contribution is -2.13. The number of nitrogens with zero attached hydrogens (tertiary/aromatic N) is 2. The highest BCUT2D eigenvalue weighted by molar-refractivity contribution is 5.49. The first kappa shape index (κ1) is 14.0. The van der Waals surface area contributed by atoms with E-state index in [-0.39, 0.29) is 0 Å². The number of nitrogens with two attached hydrogens (primary N) is 1. The summed E-state index contributed by atoms with van der Waals surface area (Å²) in [5.41, 5.74) is 8.63. The molecule has 1 aromatic carbocycles. The van der Waals surface area contributed by atoms with Gasteiger partial charge in [-0.3, -0.25) is 4.68 Å². The van der Waals surface area contributed by atoms with Crippen molar-refractivity contribution in [3.05, 3.63) is 41.7 Å². The van der Waals surface area contributed by atoms with Crippen LogP contribution in [0.5, 0.6) is 5.75 Å². The molecule has 4 heteroatoms. The second kappa shape index (κ2) is 6.20. The van der Waals surface area contributed by atoms with Gasteiger partial charge in [-0.05, 0) is 49.6 Å². The Kier molecular flexibility index (Phi) is 4.13. The van der Waals surface area contributed by atoms with Crippen molar-refractivity contribution in [3.63, 3.8) is 0 Å². The van der Waals surface area contributed by atoms with Crippen molar-refractivity contribution in [1.29, 1.82) is 0 Å². The molecule has 112 valence electrons. The largest absolute Gasteiger partial charge is 0.487 e. The lowest BCUT2D eigenvalue weighted by Gasteiger charge is -2.21. The van der Waals surface area contributed by atoms with E-state index in [9.17, 15) is 0 Å². The Labute approximate surface area is 125 Å². The summed E-state index contributed by atoms with van der Waals surface area (Å²) in [4.78, 5) is 0. The first-order valence-corrected chi connectivity index (χ1v) is 7.75. The summed E-state index contributed by atoms with van der Waals surface area (Å²) in [5, 5.41) is 4.66. The van der Waals surface area contributed by atoms with Crippen LogP contribution >= 0.6 is 0 Å². The number of aromatic nitrogens is 2. The molecule has 0 saturated heterocycles. The van der Waals surface area contributed by atoms with E-state index in [4.69, 9.17) is 10.5 Å². The molecule has 1 aromatic heterocycles. The van der Waals surface area contributed by atoms with Crippen LogP contribution < -0.4 is 10.5 Å². The van der Waals surface area contributed by atoms with Crippen molar-refractivity contribution in [2.24, 2.45) is 0 Å². The van der Waals surface area contributed by atoms with Crippen LogP contribution in [0.1, 0.15) is 49.4 Å². The molecule has 0 radical (unpaired) electrons. The Morgan fingerprint density at radius 2 is 2.05 bits per heavy atom. The van der Waals surface area contributed by atoms with Gasteiger partial charge in [-0.1, -0.05) is 19.3 Å². The van der Waals surface area contributed by atoms with Gasteiger partial charge in [-0.2, -0.15) is 5.10 Å². The monoisotopic (exact) mass is 285 g/mol. The van der Waals surface area contributed by atoms with Crippen LogP contribution in [-0.2, 0) is 6.61 Å². The molecule has 1 saturated carbocycles. The summed E-state index contributed by atoms with van der Waals surface area (Å²) < 4.78 is 7.91. The maximum absolute atomic E-state index is 5.81. The SMILES string of the molecule is Cc1cc(OCc2ccn(C3CCCCC3)n2)ccc1N. The van der Waals surface area contributed by atoms with Crippen molar-refractivity contribution in [2.75, 3.05) is 5.73 Å². The highest BCUT2D eigenvalue weighted by Crippen LogP contribution is 2.27. The minimum atomic E-state index is 0.503. The quantitative estimate of drug-likeness (QED) is 0.868. The van der Waals surface area contributed by atoms with Gasteiger partial charge in [0.25, 0.3) is 0 Å². The molecule has 3 rings (SSSR count). The highest BCUT2D eigenvalue weighted by atomic mass is 16.5. The molecule has 0 spiro atoms. The summed E-state index contributed by atoms with van der Waals surface area (Å²) in [6.45, 7) is 2.49. The Morgan fingerprint density at radius 3 is 2.81 bits per heavy atom. The van der Waals surface area contributed by atoms with Gasteiger partial charge < -0.3 is 10.5 Å². The summed E-state index contributed by atoms with van der Waals surface area (Å²) in [5.74, 6) is 0.842. The van der Waals surface area contributed by atoms with Gasteiger partial charge in [-0.15, -0.1) is 0 Å². The van der Waals surface area contributed by atoms with Crippen molar-refractivity contribution in [3.8, 4) is 5.75 Å². The summed E-state index contributed by atoms with van der Waals surface area (Å²) in [6.07, 6.45) is 8.59. The molecule has 0 amide bonds. The Bertz CT molecular complexity index is 600. The van der Waals surface area contributed by atoms with Crippen molar-refractivity contribution in [2.45, 2.75) is 51.7 Å². The molecule has 1 aliphatic rings. The van der Waals surface area contributed by atoms with Crippen LogP contribution in [0.15, 0.2) is 30.5 Å². The van der Waals surface area contributed by atoms with Crippen LogP contribution in [0, 0.1) is 6.92 Å². The lowest BCUT2D eigenvalue weighted by atomic mass is 9.96. The van der Waals surface area contributed by atoms with Crippen molar-refractivity contribution >= 4 is 5.69 Å². The fourth-order valence-corrected chi connectivity index (χ4v) is 2.90. The van der Waals surface area contributed by atoms with Crippen molar-refractivity contribution in [1.82, 2.24) is 9.78 Å². The number of benzene rings is 1. The van der Waals surface area contributed by atoms with E-state index in [1.165, 1.54) is 32.1 Å². The predicted octanol–water partition coefficient (Wildman–Crippen LogP) is 3.86. The first-order chi connectivity index (χ1) is 10.2. The summed E-state index contributed by atoms with van der Waals surface area (Å²) in [6, 6.07) is 8.38. The number of nitrogen functional groups attached to an aromatic ring is 1. The van der Waals surface area contributed by atoms with Crippen LogP contribution in [0.2, 0.25) is 0 Å². The minimum Gasteiger partial charge on any atom is -0.487 e. The third-order valence-electron chi connectivity index (χ3n) is 4.24. The van der Waals surface area contributed by atoms with E-state index < -0.39 is 0 Å². The number of ether oxygens (including phenoxy) is 1. The maximum atomic E-state index is 5.81. The molecule has 1 aliphatic carbocycles. The molecule has 21 heavy (non-hydrogen) atoms. The topological polar surface area (TPSA) is 53.1 Å².